The summed E-state index contributed by atoms with van der Waals surface area (Å²) in [6.07, 6.45) is 3.09. The van der Waals surface area contributed by atoms with Crippen LogP contribution in [0, 0.1) is 0 Å². The largest absolute Gasteiger partial charge is 0.351 e. The summed E-state index contributed by atoms with van der Waals surface area (Å²) in [6.45, 7) is 0.443. The van der Waals surface area contributed by atoms with E-state index < -0.39 is 0 Å². The van der Waals surface area contributed by atoms with Gasteiger partial charge in [0.25, 0.3) is 11.8 Å². The smallest absolute Gasteiger partial charge is 0.267 e. The van der Waals surface area contributed by atoms with Crippen LogP contribution < -0.4 is 15.2 Å². The second kappa shape index (κ2) is 9.38. The number of aromatic nitrogens is 1. The highest BCUT2D eigenvalue weighted by atomic mass is 16.2. The third-order valence-corrected chi connectivity index (χ3v) is 5.83. The summed E-state index contributed by atoms with van der Waals surface area (Å²) in [6, 6.07) is 19.0. The Kier molecular flexibility index (Phi) is 6.37. The Hall–Kier alpha value is -3.78. The monoisotopic (exact) mass is 445 g/mol. The van der Waals surface area contributed by atoms with E-state index in [1.54, 1.807) is 16.7 Å². The van der Waals surface area contributed by atoms with Crippen molar-refractivity contribution in [2.24, 2.45) is 17.4 Å². The molecule has 0 fully saturated rings. The van der Waals surface area contributed by atoms with Crippen LogP contribution in [0.25, 0.3) is 0 Å². The summed E-state index contributed by atoms with van der Waals surface area (Å²) in [4.78, 5) is 25.7. The van der Waals surface area contributed by atoms with E-state index in [-0.39, 0.29) is 22.4 Å². The summed E-state index contributed by atoms with van der Waals surface area (Å²) in [5.74, 6) is -0.323. The van der Waals surface area contributed by atoms with Gasteiger partial charge in [-0.15, -0.1) is 4.59 Å². The van der Waals surface area contributed by atoms with Crippen LogP contribution in [-0.2, 0) is 13.5 Å². The molecule has 1 aliphatic rings. The average Bonchev–Trinajstić information content (AvgIpc) is 3.36. The highest BCUT2D eigenvalue weighted by Crippen LogP contribution is 2.40. The summed E-state index contributed by atoms with van der Waals surface area (Å²) in [7, 11) is 5.68. The van der Waals surface area contributed by atoms with E-state index in [0.717, 1.165) is 11.3 Å². The van der Waals surface area contributed by atoms with Crippen LogP contribution >= 0.6 is 0 Å². The van der Waals surface area contributed by atoms with Crippen molar-refractivity contribution in [2.75, 3.05) is 20.6 Å². The molecule has 8 nitrogen and oxygen atoms in total. The highest BCUT2D eigenvalue weighted by molar-refractivity contribution is 6.01. The van der Waals surface area contributed by atoms with Gasteiger partial charge in [-0.05, 0) is 36.6 Å². The molecule has 2 N–H and O–H groups in total. The van der Waals surface area contributed by atoms with Crippen molar-refractivity contribution in [1.82, 2.24) is 19.8 Å². The number of carbonyl (C=O) groups excluding carboxylic acids is 2. The lowest BCUT2D eigenvalue weighted by Gasteiger charge is -2.20. The summed E-state index contributed by atoms with van der Waals surface area (Å²) < 4.78 is 2.04. The fraction of sp³-hybridized carbons (Fsp3) is 0.280. The molecule has 0 radical (unpaired) electrons. The number of hydrogen-bond donors (Lipinski definition) is 2. The van der Waals surface area contributed by atoms with Crippen LogP contribution in [0.4, 0.5) is 11.4 Å². The van der Waals surface area contributed by atoms with Gasteiger partial charge in [-0.1, -0.05) is 41.5 Å². The molecular weight excluding hydrogens is 416 g/mol. The number of benzene rings is 2. The first kappa shape index (κ1) is 22.4. The average molecular weight is 446 g/mol. The van der Waals surface area contributed by atoms with Gasteiger partial charge in [0, 0.05) is 37.1 Å². The molecule has 0 saturated carbocycles. The van der Waals surface area contributed by atoms with Crippen LogP contribution in [-0.4, -0.2) is 43.1 Å². The molecule has 3 aromatic rings. The Bertz CT molecular complexity index is 1180. The lowest BCUT2D eigenvalue weighted by atomic mass is 10.0. The second-order valence-electron chi connectivity index (χ2n) is 8.67. The molecule has 1 aliphatic heterocycles. The predicted octanol–water partition coefficient (Wildman–Crippen LogP) is 3.77. The number of fused-ring (bicyclic) bond motifs is 1. The quantitative estimate of drug-likeness (QED) is 0.517. The van der Waals surface area contributed by atoms with Crippen LogP contribution in [0.2, 0.25) is 0 Å². The molecule has 4 rings (SSSR count). The van der Waals surface area contributed by atoms with Gasteiger partial charge in [-0.2, -0.15) is 0 Å². The molecule has 8 heteroatoms. The molecule has 1 unspecified atom stereocenters. The number of nitrogens with one attached hydrogen (secondary N) is 2. The topological polar surface area (TPSA) is 87.9 Å². The molecule has 33 heavy (non-hydrogen) atoms. The van der Waals surface area contributed by atoms with Gasteiger partial charge >= 0.3 is 0 Å². The first-order valence-electron chi connectivity index (χ1n) is 11.0. The lowest BCUT2D eigenvalue weighted by molar-refractivity contribution is 0.0933. The van der Waals surface area contributed by atoms with Crippen molar-refractivity contribution < 1.29 is 9.59 Å². The van der Waals surface area contributed by atoms with E-state index in [0.29, 0.717) is 36.3 Å². The Balaban J connectivity index is 1.47. The highest BCUT2D eigenvalue weighted by Gasteiger charge is 2.33. The molecule has 1 atom stereocenters. The van der Waals surface area contributed by atoms with E-state index in [9.17, 15) is 9.59 Å². The molecule has 0 aliphatic carbocycles. The Morgan fingerprint density at radius 3 is 2.52 bits per heavy atom. The van der Waals surface area contributed by atoms with E-state index >= 15 is 0 Å². The van der Waals surface area contributed by atoms with Gasteiger partial charge in [-0.3, -0.25) is 9.59 Å². The van der Waals surface area contributed by atoms with Crippen LogP contribution in [0.5, 0.6) is 0 Å². The molecule has 2 heterocycles. The Morgan fingerprint density at radius 2 is 1.79 bits per heavy atom. The maximum Gasteiger partial charge on any atom is 0.267 e. The standard InChI is InChI=1S/C25H28N6O2/c1-30-16-8-12-21(30)25(33)26-15-14-19(17-18-9-5-4-6-10-18)27-24(32)20-11-7-13-22-23(20)28-29-31(22,2)3/h4-13,16,19H,14-15,17H2,1-3H3,(H-,26,27,32,33)/p+1. The second-order valence-corrected chi connectivity index (χ2v) is 8.67. The van der Waals surface area contributed by atoms with Gasteiger partial charge in [0.2, 0.25) is 0 Å². The molecule has 2 amide bonds. The molecule has 2 aromatic carbocycles. The van der Waals surface area contributed by atoms with Crippen molar-refractivity contribution in [3.05, 3.63) is 83.7 Å². The molecule has 0 bridgehead atoms. The van der Waals surface area contributed by atoms with Crippen LogP contribution in [0.3, 0.4) is 0 Å². The number of rotatable bonds is 8. The van der Waals surface area contributed by atoms with Gasteiger partial charge < -0.3 is 15.2 Å². The molecule has 0 saturated heterocycles. The third kappa shape index (κ3) is 5.01. The zero-order valence-corrected chi connectivity index (χ0v) is 19.2. The minimum Gasteiger partial charge on any atom is -0.351 e. The van der Waals surface area contributed by atoms with E-state index in [1.807, 2.05) is 75.9 Å². The molecule has 1 aromatic heterocycles. The first-order valence-corrected chi connectivity index (χ1v) is 11.0. The summed E-state index contributed by atoms with van der Waals surface area (Å²) in [5, 5.41) is 14.6. The van der Waals surface area contributed by atoms with Crippen molar-refractivity contribution in [3.8, 4) is 0 Å². The fourth-order valence-electron chi connectivity index (χ4n) is 4.00. The molecule has 170 valence electrons. The zero-order chi connectivity index (χ0) is 23.4. The van der Waals surface area contributed by atoms with Crippen LogP contribution in [0.15, 0.2) is 77.2 Å². The maximum absolute atomic E-state index is 13.2. The number of aryl methyl sites for hydroxylation is 1. The molecule has 0 spiro atoms. The number of amides is 2. The normalized spacial score (nSPS) is 14.5. The zero-order valence-electron chi connectivity index (χ0n) is 19.2. The Morgan fingerprint density at radius 1 is 1.00 bits per heavy atom. The Labute approximate surface area is 193 Å². The lowest BCUT2D eigenvalue weighted by Crippen LogP contribution is -2.39. The van der Waals surface area contributed by atoms with E-state index in [4.69, 9.17) is 0 Å². The van der Waals surface area contributed by atoms with Gasteiger partial charge in [0.1, 0.15) is 5.69 Å². The molecular formula is C25H29N6O2+. The number of carbonyl (C=O) groups is 2. The predicted molar refractivity (Wildman–Crippen MR) is 128 cm³/mol. The summed E-state index contributed by atoms with van der Waals surface area (Å²) >= 11 is 0. The fourth-order valence-corrected chi connectivity index (χ4v) is 4.00. The van der Waals surface area contributed by atoms with Gasteiger partial charge in [0.05, 0.1) is 19.7 Å². The summed E-state index contributed by atoms with van der Waals surface area (Å²) in [5.41, 5.74) is 3.72. The first-order chi connectivity index (χ1) is 15.8. The minimum absolute atomic E-state index is 0.131. The minimum atomic E-state index is -0.192. The third-order valence-electron chi connectivity index (χ3n) is 5.83. The number of quaternary nitrogens is 1. The SMILES string of the molecule is Cn1cccc1C(=O)NCCC(Cc1ccccc1)NC(=O)c1cccc2c1N=N[N+]2(C)C. The van der Waals surface area contributed by atoms with Gasteiger partial charge in [-0.25, -0.2) is 0 Å². The van der Waals surface area contributed by atoms with Crippen molar-refractivity contribution >= 4 is 23.2 Å². The van der Waals surface area contributed by atoms with Crippen molar-refractivity contribution in [2.45, 2.75) is 18.9 Å². The van der Waals surface area contributed by atoms with Gasteiger partial charge in [0.15, 0.2) is 11.4 Å². The maximum atomic E-state index is 13.2. The van der Waals surface area contributed by atoms with Crippen LogP contribution in [0.1, 0.15) is 32.8 Å². The number of nitrogens with zero attached hydrogens (tertiary/aromatic N) is 4. The number of hydrogen-bond acceptors (Lipinski definition) is 4. The van der Waals surface area contributed by atoms with Crippen molar-refractivity contribution in [3.63, 3.8) is 0 Å². The van der Waals surface area contributed by atoms with Crippen molar-refractivity contribution in [1.29, 1.82) is 0 Å². The van der Waals surface area contributed by atoms with E-state index in [2.05, 4.69) is 21.0 Å². The van der Waals surface area contributed by atoms with E-state index in [1.165, 1.54) is 0 Å².